The first kappa shape index (κ1) is 35.6. The van der Waals surface area contributed by atoms with E-state index < -0.39 is 32.8 Å². The van der Waals surface area contributed by atoms with Gasteiger partial charge < -0.3 is 4.74 Å². The molecule has 8 aromatic rings. The Morgan fingerprint density at radius 3 is 1.84 bits per heavy atom. The molecule has 0 saturated heterocycles. The molecular weight excluding hydrogens is 998 g/mol. The van der Waals surface area contributed by atoms with Gasteiger partial charge >= 0.3 is 21.1 Å². The van der Waals surface area contributed by atoms with Gasteiger partial charge in [0.05, 0.1) is 28.0 Å². The van der Waals surface area contributed by atoms with Gasteiger partial charge in [-0.15, -0.1) is 29.3 Å². The first-order valence-electron chi connectivity index (χ1n) is 28.4. The van der Waals surface area contributed by atoms with Gasteiger partial charge in [0.15, 0.2) is 0 Å². The molecule has 0 aliphatic carbocycles. The average molecular weight is 1080 g/mol. The van der Waals surface area contributed by atoms with Crippen LogP contribution in [-0.4, -0.2) is 14.5 Å². The van der Waals surface area contributed by atoms with Gasteiger partial charge in [-0.1, -0.05) is 167 Å². The van der Waals surface area contributed by atoms with Gasteiger partial charge in [0.2, 0.25) is 0 Å². The van der Waals surface area contributed by atoms with Crippen LogP contribution in [0.5, 0.6) is 5.75 Å². The maximum absolute atomic E-state index is 9.12. The smallest absolute Gasteiger partial charge is 0.665 e. The van der Waals surface area contributed by atoms with E-state index in [9.17, 15) is 0 Å². The Morgan fingerprint density at radius 2 is 1.21 bits per heavy atom. The molecule has 0 saturated carbocycles. The number of ether oxygens (including phenoxy) is 1. The molecule has 0 spiro atoms. The van der Waals surface area contributed by atoms with E-state index in [2.05, 4.69) is 99.8 Å². The SMILES string of the molecule is [2H]C([2H])([2H])c1cc(-c2cc(C(C)(C)C)cc(C(C)(C)C)c2)ccc1-n1c(-c2cc(C)cc(C)c2O[CH2-])nc2c(-c3[c-]c(-c4cc(-c5ccc(C(C([2H])([2H])[2H])(C([2H])([2H])[2H])C([2H])([2H])[2H])cc5)ccn4)cc(C(C)(C)C)c3)cccc21.[Pt+2]. The summed E-state index contributed by atoms with van der Waals surface area (Å²) in [6.45, 7) is 10.6. The third kappa shape index (κ3) is 10.0. The monoisotopic (exact) mass is 1080 g/mol. The van der Waals surface area contributed by atoms with E-state index in [1.54, 1.807) is 18.3 Å². The van der Waals surface area contributed by atoms with Crippen molar-refractivity contribution in [3.05, 3.63) is 174 Å². The molecule has 0 radical (unpaired) electrons. The van der Waals surface area contributed by atoms with Gasteiger partial charge in [-0.3, -0.25) is 9.55 Å². The maximum atomic E-state index is 9.12. The molecule has 346 valence electrons. The molecule has 0 unspecified atom stereocenters. The molecule has 2 aromatic heterocycles. The van der Waals surface area contributed by atoms with Crippen molar-refractivity contribution < 1.29 is 42.3 Å². The summed E-state index contributed by atoms with van der Waals surface area (Å²) in [5, 5.41) is 0. The quantitative estimate of drug-likeness (QED) is 0.149. The van der Waals surface area contributed by atoms with E-state index in [0.29, 0.717) is 61.8 Å². The van der Waals surface area contributed by atoms with Crippen molar-refractivity contribution in [3.8, 4) is 67.5 Å². The van der Waals surface area contributed by atoms with Gasteiger partial charge in [-0.05, 0) is 128 Å². The third-order valence-corrected chi connectivity index (χ3v) is 12.4. The largest absolute Gasteiger partial charge is 2.00 e. The second kappa shape index (κ2) is 18.2. The van der Waals surface area contributed by atoms with Crippen LogP contribution in [0.1, 0.15) is 138 Å². The van der Waals surface area contributed by atoms with Gasteiger partial charge in [0.25, 0.3) is 0 Å². The van der Waals surface area contributed by atoms with Crippen molar-refractivity contribution in [2.75, 3.05) is 0 Å². The molecule has 67 heavy (non-hydrogen) atoms. The predicted octanol–water partition coefficient (Wildman–Crippen LogP) is 16.8. The Kier molecular flexibility index (Phi) is 9.63. The fraction of sp³-hybridized carbons (Fsp3) is 0.306. The zero-order chi connectivity index (χ0) is 57.7. The van der Waals surface area contributed by atoms with Crippen LogP contribution in [0.4, 0.5) is 0 Å². The zero-order valence-corrected chi connectivity index (χ0v) is 42.6. The van der Waals surface area contributed by atoms with Crippen LogP contribution in [0, 0.1) is 33.9 Å². The van der Waals surface area contributed by atoms with Crippen LogP contribution >= 0.6 is 0 Å². The molecule has 4 nitrogen and oxygen atoms in total. The van der Waals surface area contributed by atoms with Crippen LogP contribution < -0.4 is 4.74 Å². The Bertz CT molecular complexity index is 3520. The van der Waals surface area contributed by atoms with Gasteiger partial charge in [-0.25, -0.2) is 4.98 Å². The summed E-state index contributed by atoms with van der Waals surface area (Å²) in [5.74, 6) is 0.946. The van der Waals surface area contributed by atoms with Crippen molar-refractivity contribution >= 4 is 11.0 Å². The Balaban J connectivity index is 0.00000903. The van der Waals surface area contributed by atoms with Crippen molar-refractivity contribution in [1.82, 2.24) is 14.5 Å². The third-order valence-electron chi connectivity index (χ3n) is 12.4. The topological polar surface area (TPSA) is 39.9 Å². The molecule has 2 heterocycles. The van der Waals surface area contributed by atoms with Crippen molar-refractivity contribution in [1.29, 1.82) is 0 Å². The predicted molar refractivity (Wildman–Crippen MR) is 280 cm³/mol. The summed E-state index contributed by atoms with van der Waals surface area (Å²) in [4.78, 5) is 10.2. The number of hydrogen-bond donors (Lipinski definition) is 0. The summed E-state index contributed by atoms with van der Waals surface area (Å²) in [7, 11) is 3.84. The number of imidazole rings is 1. The molecule has 0 N–H and O–H groups in total. The number of para-hydroxylation sites is 1. The molecule has 6 aromatic carbocycles. The Morgan fingerprint density at radius 1 is 0.582 bits per heavy atom. The molecule has 0 aliphatic rings. The molecule has 0 atom stereocenters. The number of aromatic nitrogens is 3. The van der Waals surface area contributed by atoms with E-state index in [1.165, 1.54) is 24.3 Å². The molecule has 0 aliphatic heterocycles. The summed E-state index contributed by atoms with van der Waals surface area (Å²) in [6.07, 6.45) is 1.63. The fourth-order valence-corrected chi connectivity index (χ4v) is 8.58. The molecule has 8 rings (SSSR count). The number of aryl methyl sites for hydroxylation is 3. The molecular formula is C62H67N3OPt. The number of fused-ring (bicyclic) bond motifs is 1. The van der Waals surface area contributed by atoms with Crippen molar-refractivity contribution in [2.24, 2.45) is 0 Å². The van der Waals surface area contributed by atoms with E-state index >= 15 is 0 Å². The number of pyridine rings is 1. The maximum Gasteiger partial charge on any atom is 2.00 e. The summed E-state index contributed by atoms with van der Waals surface area (Å²) in [5.41, 5.74) is 8.77. The number of rotatable bonds is 7. The van der Waals surface area contributed by atoms with Crippen LogP contribution in [0.3, 0.4) is 0 Å². The minimum Gasteiger partial charge on any atom is -0.665 e. The van der Waals surface area contributed by atoms with Crippen molar-refractivity contribution in [2.45, 2.75) is 125 Å². The van der Waals surface area contributed by atoms with E-state index in [0.717, 1.165) is 44.5 Å². The fourth-order valence-electron chi connectivity index (χ4n) is 8.58. The summed E-state index contributed by atoms with van der Waals surface area (Å²) in [6, 6.07) is 39.0. The molecule has 0 amide bonds. The zero-order valence-electron chi connectivity index (χ0n) is 52.3. The number of benzene rings is 6. The van der Waals surface area contributed by atoms with Crippen LogP contribution in [0.25, 0.3) is 72.7 Å². The number of hydrogen-bond acceptors (Lipinski definition) is 3. The van der Waals surface area contributed by atoms with Crippen molar-refractivity contribution in [3.63, 3.8) is 0 Å². The van der Waals surface area contributed by atoms with Crippen LogP contribution in [0.2, 0.25) is 0 Å². The van der Waals surface area contributed by atoms with E-state index in [1.807, 2.05) is 73.0 Å². The van der Waals surface area contributed by atoms with E-state index in [4.69, 9.17) is 31.2 Å². The van der Waals surface area contributed by atoms with Crippen LogP contribution in [-0.2, 0) is 42.7 Å². The van der Waals surface area contributed by atoms with Crippen LogP contribution in [0.15, 0.2) is 121 Å². The second-order valence-electron chi connectivity index (χ2n) is 20.8. The average Bonchev–Trinajstić information content (AvgIpc) is 3.87. The molecule has 5 heteroatoms. The minimum atomic E-state index is -3.39. The Hall–Kier alpha value is -5.57. The van der Waals surface area contributed by atoms with Gasteiger partial charge in [-0.2, -0.15) is 7.11 Å². The van der Waals surface area contributed by atoms with Gasteiger partial charge in [0, 0.05) is 28.3 Å². The normalized spacial score (nSPS) is 15.8. The summed E-state index contributed by atoms with van der Waals surface area (Å²) >= 11 is 0. The first-order chi connectivity index (χ1) is 35.9. The minimum absolute atomic E-state index is 0. The molecule has 0 bridgehead atoms. The van der Waals surface area contributed by atoms with E-state index in [-0.39, 0.29) is 48.4 Å². The number of nitrogens with zero attached hydrogens (tertiary/aromatic N) is 3. The second-order valence-corrected chi connectivity index (χ2v) is 20.8. The summed E-state index contributed by atoms with van der Waals surface area (Å²) < 4.78 is 109. The standard InChI is InChI=1S/C62H67N3O.Pt/c1-38-28-40(3)57(66-16)52(29-38)58-64-56-51(45-31-46(35-48(34-45)60(7,8)9)53-36-43(26-27-63-53)41-20-23-47(24-21-41)59(4,5)6)18-17-19-55(56)65(58)54-25-22-42(30-39(54)2)44-32-49(61(10,11)12)37-50(33-44)62(13,14)15;/h17-30,32-37H,16H2,1-15H3;/q-2;+2/i2D3,4D3,5D3,6D3;. The molecule has 0 fully saturated rings. The first-order valence-corrected chi connectivity index (χ1v) is 22.4. The Labute approximate surface area is 432 Å². The van der Waals surface area contributed by atoms with Gasteiger partial charge in [0.1, 0.15) is 5.82 Å².